The van der Waals surface area contributed by atoms with Crippen molar-refractivity contribution in [3.05, 3.63) is 88.1 Å². The van der Waals surface area contributed by atoms with Crippen molar-refractivity contribution < 1.29 is 19.0 Å². The molecule has 0 spiro atoms. The molecular weight excluding hydrogens is 368 g/mol. The lowest BCUT2D eigenvalue weighted by atomic mass is 9.97. The fourth-order valence-electron chi connectivity index (χ4n) is 3.34. The number of methoxy groups -OCH3 is 2. The van der Waals surface area contributed by atoms with Crippen molar-refractivity contribution >= 4 is 11.0 Å². The molecule has 0 unspecified atom stereocenters. The lowest BCUT2D eigenvalue weighted by Crippen LogP contribution is -2.12. The molecule has 1 N–H and O–H groups in total. The fourth-order valence-corrected chi connectivity index (χ4v) is 3.34. The van der Waals surface area contributed by atoms with Crippen LogP contribution >= 0.6 is 0 Å². The minimum Gasteiger partial charge on any atom is -0.508 e. The standard InChI is InChI=1S/C24H20O5/c1-27-17-8-10-21(25)16(12-17)13-20-23(26)19-14-18(28-2)9-11-22(19)29-24(20)15-6-4-3-5-7-15/h3-12,14,25H,13H2,1-2H3. The average molecular weight is 388 g/mol. The third-order valence-electron chi connectivity index (χ3n) is 4.88. The van der Waals surface area contributed by atoms with Gasteiger partial charge in [0, 0.05) is 23.1 Å². The van der Waals surface area contributed by atoms with Gasteiger partial charge in [0.15, 0.2) is 5.43 Å². The summed E-state index contributed by atoms with van der Waals surface area (Å²) in [6.45, 7) is 0. The molecule has 0 radical (unpaired) electrons. The Morgan fingerprint density at radius 2 is 1.59 bits per heavy atom. The number of benzene rings is 3. The number of hydrogen-bond donors (Lipinski definition) is 1. The number of ether oxygens (including phenoxy) is 2. The van der Waals surface area contributed by atoms with E-state index in [0.29, 0.717) is 39.4 Å². The van der Waals surface area contributed by atoms with Gasteiger partial charge in [-0.25, -0.2) is 0 Å². The van der Waals surface area contributed by atoms with Gasteiger partial charge in [0.25, 0.3) is 0 Å². The predicted octanol–water partition coefficient (Wildman–Crippen LogP) is 4.77. The van der Waals surface area contributed by atoms with Crippen LogP contribution in [-0.4, -0.2) is 19.3 Å². The maximum absolute atomic E-state index is 13.4. The van der Waals surface area contributed by atoms with Crippen LogP contribution in [0.15, 0.2) is 75.9 Å². The van der Waals surface area contributed by atoms with Crippen LogP contribution in [0.3, 0.4) is 0 Å². The molecule has 1 heterocycles. The maximum Gasteiger partial charge on any atom is 0.196 e. The SMILES string of the molecule is COc1ccc(O)c(Cc2c(-c3ccccc3)oc3ccc(OC)cc3c2=O)c1. The molecule has 146 valence electrons. The van der Waals surface area contributed by atoms with Crippen molar-refractivity contribution in [2.75, 3.05) is 14.2 Å². The second-order valence-corrected chi connectivity index (χ2v) is 6.64. The number of phenols is 1. The van der Waals surface area contributed by atoms with E-state index >= 15 is 0 Å². The first-order chi connectivity index (χ1) is 14.1. The van der Waals surface area contributed by atoms with E-state index in [1.54, 1.807) is 50.6 Å². The summed E-state index contributed by atoms with van der Waals surface area (Å²) in [6.07, 6.45) is 0.197. The highest BCUT2D eigenvalue weighted by atomic mass is 16.5. The number of phenolic OH excluding ortho intramolecular Hbond substituents is 1. The molecule has 4 rings (SSSR count). The van der Waals surface area contributed by atoms with Crippen molar-refractivity contribution in [2.24, 2.45) is 0 Å². The minimum atomic E-state index is -0.161. The topological polar surface area (TPSA) is 68.9 Å². The minimum absolute atomic E-state index is 0.0925. The molecule has 5 heteroatoms. The molecule has 0 aliphatic rings. The van der Waals surface area contributed by atoms with Crippen molar-refractivity contribution in [2.45, 2.75) is 6.42 Å². The Morgan fingerprint density at radius 1 is 0.897 bits per heavy atom. The predicted molar refractivity (Wildman–Crippen MR) is 112 cm³/mol. The summed E-state index contributed by atoms with van der Waals surface area (Å²) in [7, 11) is 3.11. The molecule has 0 saturated heterocycles. The van der Waals surface area contributed by atoms with Crippen LogP contribution in [0.1, 0.15) is 11.1 Å². The van der Waals surface area contributed by atoms with Gasteiger partial charge >= 0.3 is 0 Å². The summed E-state index contributed by atoms with van der Waals surface area (Å²) in [5.41, 5.74) is 2.15. The van der Waals surface area contributed by atoms with Crippen LogP contribution < -0.4 is 14.9 Å². The smallest absolute Gasteiger partial charge is 0.196 e. The van der Waals surface area contributed by atoms with E-state index in [0.717, 1.165) is 5.56 Å². The van der Waals surface area contributed by atoms with Gasteiger partial charge in [-0.1, -0.05) is 30.3 Å². The highest BCUT2D eigenvalue weighted by molar-refractivity contribution is 5.82. The van der Waals surface area contributed by atoms with Crippen molar-refractivity contribution in [1.29, 1.82) is 0 Å². The Balaban J connectivity index is 1.97. The Morgan fingerprint density at radius 3 is 2.31 bits per heavy atom. The highest BCUT2D eigenvalue weighted by Gasteiger charge is 2.18. The molecule has 0 bridgehead atoms. The number of rotatable bonds is 5. The zero-order valence-electron chi connectivity index (χ0n) is 16.1. The molecule has 3 aromatic carbocycles. The molecular formula is C24H20O5. The Bertz CT molecular complexity index is 1230. The van der Waals surface area contributed by atoms with Crippen LogP contribution in [0.2, 0.25) is 0 Å². The first-order valence-corrected chi connectivity index (χ1v) is 9.15. The Hall–Kier alpha value is -3.73. The second kappa shape index (κ2) is 7.72. The molecule has 0 fully saturated rings. The van der Waals surface area contributed by atoms with Crippen LogP contribution in [-0.2, 0) is 6.42 Å². The summed E-state index contributed by atoms with van der Waals surface area (Å²) in [5.74, 6) is 1.75. The van der Waals surface area contributed by atoms with Gasteiger partial charge in [-0.3, -0.25) is 4.79 Å². The third-order valence-corrected chi connectivity index (χ3v) is 4.88. The molecule has 5 nitrogen and oxygen atoms in total. The van der Waals surface area contributed by atoms with Gasteiger partial charge < -0.3 is 19.0 Å². The van der Waals surface area contributed by atoms with Crippen molar-refractivity contribution in [3.63, 3.8) is 0 Å². The summed E-state index contributed by atoms with van der Waals surface area (Å²) in [5, 5.41) is 10.8. The van der Waals surface area contributed by atoms with Gasteiger partial charge in [-0.15, -0.1) is 0 Å². The molecule has 0 aliphatic carbocycles. The summed E-state index contributed by atoms with van der Waals surface area (Å²) >= 11 is 0. The van der Waals surface area contributed by atoms with Crippen molar-refractivity contribution in [1.82, 2.24) is 0 Å². The zero-order chi connectivity index (χ0) is 20.4. The molecule has 29 heavy (non-hydrogen) atoms. The van der Waals surface area contributed by atoms with Crippen LogP contribution in [0, 0.1) is 0 Å². The third kappa shape index (κ3) is 3.55. The second-order valence-electron chi connectivity index (χ2n) is 6.64. The van der Waals surface area contributed by atoms with E-state index in [2.05, 4.69) is 0 Å². The van der Waals surface area contributed by atoms with E-state index < -0.39 is 0 Å². The highest BCUT2D eigenvalue weighted by Crippen LogP contribution is 2.31. The van der Waals surface area contributed by atoms with E-state index in [9.17, 15) is 9.90 Å². The van der Waals surface area contributed by atoms with Crippen LogP contribution in [0.25, 0.3) is 22.3 Å². The zero-order valence-corrected chi connectivity index (χ0v) is 16.1. The van der Waals surface area contributed by atoms with E-state index in [-0.39, 0.29) is 17.6 Å². The Labute approximate surface area is 167 Å². The molecule has 0 amide bonds. The number of fused-ring (bicyclic) bond motifs is 1. The Kier molecular flexibility index (Phi) is 4.96. The van der Waals surface area contributed by atoms with E-state index in [4.69, 9.17) is 13.9 Å². The average Bonchev–Trinajstić information content (AvgIpc) is 2.77. The first kappa shape index (κ1) is 18.6. The largest absolute Gasteiger partial charge is 0.508 e. The quantitative estimate of drug-likeness (QED) is 0.533. The lowest BCUT2D eigenvalue weighted by molar-refractivity contribution is 0.411. The molecule has 0 atom stereocenters. The van der Waals surface area contributed by atoms with Crippen molar-refractivity contribution in [3.8, 4) is 28.6 Å². The van der Waals surface area contributed by atoms with Gasteiger partial charge in [-0.2, -0.15) is 0 Å². The van der Waals surface area contributed by atoms with Gasteiger partial charge in [0.2, 0.25) is 0 Å². The monoisotopic (exact) mass is 388 g/mol. The molecule has 4 aromatic rings. The van der Waals surface area contributed by atoms with E-state index in [1.165, 1.54) is 0 Å². The summed E-state index contributed by atoms with van der Waals surface area (Å²) in [4.78, 5) is 13.4. The lowest BCUT2D eigenvalue weighted by Gasteiger charge is -2.12. The maximum atomic E-state index is 13.4. The normalized spacial score (nSPS) is 10.8. The molecule has 0 saturated carbocycles. The summed E-state index contributed by atoms with van der Waals surface area (Å²) in [6, 6.07) is 19.6. The van der Waals surface area contributed by atoms with E-state index in [1.807, 2.05) is 30.3 Å². The number of hydrogen-bond acceptors (Lipinski definition) is 5. The van der Waals surface area contributed by atoms with Gasteiger partial charge in [-0.05, 0) is 36.4 Å². The molecule has 1 aromatic heterocycles. The number of aromatic hydroxyl groups is 1. The van der Waals surface area contributed by atoms with Gasteiger partial charge in [0.05, 0.1) is 19.6 Å². The van der Waals surface area contributed by atoms with Gasteiger partial charge in [0.1, 0.15) is 28.6 Å². The molecule has 0 aliphatic heterocycles. The fraction of sp³-hybridized carbons (Fsp3) is 0.125. The first-order valence-electron chi connectivity index (χ1n) is 9.15. The summed E-state index contributed by atoms with van der Waals surface area (Å²) < 4.78 is 16.7. The van der Waals surface area contributed by atoms with Crippen LogP contribution in [0.5, 0.6) is 17.2 Å². The van der Waals surface area contributed by atoms with Crippen LogP contribution in [0.4, 0.5) is 0 Å².